The van der Waals surface area contributed by atoms with Crippen molar-refractivity contribution in [2.45, 2.75) is 25.9 Å². The van der Waals surface area contributed by atoms with Gasteiger partial charge in [0.25, 0.3) is 0 Å². The molecule has 5 nitrogen and oxygen atoms in total. The molecule has 2 N–H and O–H groups in total. The highest BCUT2D eigenvalue weighted by atomic mass is 19.1. The molecule has 0 fully saturated rings. The maximum absolute atomic E-state index is 13.4. The molecule has 0 aliphatic rings. The highest BCUT2D eigenvalue weighted by Gasteiger charge is 2.24. The van der Waals surface area contributed by atoms with Crippen LogP contribution in [0.2, 0.25) is 0 Å². The number of carbonyl (C=O) groups is 1. The van der Waals surface area contributed by atoms with Gasteiger partial charge in [0, 0.05) is 5.56 Å². The summed E-state index contributed by atoms with van der Waals surface area (Å²) >= 11 is 0. The number of amides is 1. The number of hydrogen-bond acceptors (Lipinski definition) is 4. The van der Waals surface area contributed by atoms with Gasteiger partial charge in [0.1, 0.15) is 23.0 Å². The second-order valence-corrected chi connectivity index (χ2v) is 6.77. The number of aromatic nitrogens is 1. The summed E-state index contributed by atoms with van der Waals surface area (Å²) in [5.74, 6) is -0.475. The van der Waals surface area contributed by atoms with Crippen molar-refractivity contribution in [3.63, 3.8) is 0 Å². The first-order valence-corrected chi connectivity index (χ1v) is 8.72. The summed E-state index contributed by atoms with van der Waals surface area (Å²) < 4.78 is 31.9. The average Bonchev–Trinajstić information content (AvgIpc) is 3.01. The van der Waals surface area contributed by atoms with Gasteiger partial charge in [-0.2, -0.15) is 0 Å². The summed E-state index contributed by atoms with van der Waals surface area (Å²) in [6.45, 7) is 3.15. The minimum Gasteiger partial charge on any atom is -0.441 e. The van der Waals surface area contributed by atoms with Gasteiger partial charge in [0.2, 0.25) is 11.8 Å². The minimum atomic E-state index is -1.35. The number of aryl methyl sites for hydroxylation is 1. The number of hydrogen-bond donors (Lipinski definition) is 2. The van der Waals surface area contributed by atoms with Gasteiger partial charge >= 0.3 is 0 Å². The second kappa shape index (κ2) is 7.90. The Labute approximate surface area is 161 Å². The van der Waals surface area contributed by atoms with Crippen LogP contribution in [0.3, 0.4) is 0 Å². The molecule has 28 heavy (non-hydrogen) atoms. The Morgan fingerprint density at radius 1 is 1.18 bits per heavy atom. The molecule has 1 heterocycles. The third-order valence-corrected chi connectivity index (χ3v) is 4.39. The van der Waals surface area contributed by atoms with Gasteiger partial charge in [-0.3, -0.25) is 4.79 Å². The van der Waals surface area contributed by atoms with Crippen molar-refractivity contribution in [3.8, 4) is 11.5 Å². The fraction of sp³-hybridized carbons (Fsp3) is 0.238. The van der Waals surface area contributed by atoms with E-state index in [1.165, 1.54) is 43.3 Å². The fourth-order valence-corrected chi connectivity index (χ4v) is 2.73. The molecular weight excluding hydrogens is 366 g/mol. The lowest BCUT2D eigenvalue weighted by Gasteiger charge is -2.24. The molecule has 1 atom stereocenters. The summed E-state index contributed by atoms with van der Waals surface area (Å²) in [4.78, 5) is 16.5. The molecular formula is C21H20F2N2O3. The minimum absolute atomic E-state index is 0.0505. The van der Waals surface area contributed by atoms with Crippen LogP contribution >= 0.6 is 0 Å². The summed E-state index contributed by atoms with van der Waals surface area (Å²) in [7, 11) is 0. The van der Waals surface area contributed by atoms with Gasteiger partial charge in [-0.05, 0) is 49.7 Å². The Morgan fingerprint density at radius 3 is 2.57 bits per heavy atom. The Kier molecular flexibility index (Phi) is 5.56. The van der Waals surface area contributed by atoms with Crippen molar-refractivity contribution in [3.05, 3.63) is 77.2 Å². The molecule has 0 bridgehead atoms. The normalized spacial score (nSPS) is 13.2. The molecule has 3 rings (SSSR count). The van der Waals surface area contributed by atoms with E-state index in [0.29, 0.717) is 22.6 Å². The first-order chi connectivity index (χ1) is 13.2. The maximum atomic E-state index is 13.4. The number of nitrogens with zero attached hydrogens (tertiary/aromatic N) is 1. The van der Waals surface area contributed by atoms with Crippen LogP contribution < -0.4 is 5.32 Å². The van der Waals surface area contributed by atoms with Crippen molar-refractivity contribution >= 4 is 5.91 Å². The third-order valence-electron chi connectivity index (χ3n) is 4.39. The lowest BCUT2D eigenvalue weighted by Crippen LogP contribution is -2.39. The van der Waals surface area contributed by atoms with Crippen molar-refractivity contribution < 1.29 is 23.1 Å². The summed E-state index contributed by atoms with van der Waals surface area (Å²) in [5.41, 5.74) is 0.0435. The van der Waals surface area contributed by atoms with Crippen LogP contribution in [0.15, 0.2) is 52.9 Å². The van der Waals surface area contributed by atoms with E-state index in [1.54, 1.807) is 19.1 Å². The summed E-state index contributed by atoms with van der Waals surface area (Å²) in [5, 5.41) is 13.2. The summed E-state index contributed by atoms with van der Waals surface area (Å²) in [6, 6.07) is 11.3. The molecule has 1 amide bonds. The van der Waals surface area contributed by atoms with Crippen molar-refractivity contribution in [2.75, 3.05) is 6.54 Å². The molecule has 2 aromatic carbocycles. The van der Waals surface area contributed by atoms with Gasteiger partial charge in [-0.1, -0.05) is 18.2 Å². The van der Waals surface area contributed by atoms with Gasteiger partial charge < -0.3 is 14.8 Å². The van der Waals surface area contributed by atoms with E-state index in [0.717, 1.165) is 0 Å². The van der Waals surface area contributed by atoms with E-state index in [1.807, 2.05) is 0 Å². The van der Waals surface area contributed by atoms with Crippen LogP contribution in [0.5, 0.6) is 0 Å². The molecule has 3 aromatic rings. The Bertz CT molecular complexity index is 982. The lowest BCUT2D eigenvalue weighted by molar-refractivity contribution is -0.121. The first-order valence-electron chi connectivity index (χ1n) is 8.72. The van der Waals surface area contributed by atoms with Crippen LogP contribution in [0, 0.1) is 18.6 Å². The van der Waals surface area contributed by atoms with Gasteiger partial charge in [0.05, 0.1) is 18.7 Å². The van der Waals surface area contributed by atoms with Crippen molar-refractivity contribution in [1.29, 1.82) is 0 Å². The van der Waals surface area contributed by atoms with Crippen LogP contribution in [0.25, 0.3) is 11.5 Å². The van der Waals surface area contributed by atoms with Crippen LogP contribution in [-0.2, 0) is 16.8 Å². The third kappa shape index (κ3) is 4.61. The molecule has 0 saturated carbocycles. The standard InChI is InChI=1S/C21H20F2N2O3/c1-13-18(25-20(28-13)14-4-3-5-17(23)10-14)11-19(26)24-12-21(2,27)15-6-8-16(22)9-7-15/h3-10,27H,11-12H2,1-2H3,(H,24,26). The Balaban J connectivity index is 1.64. The highest BCUT2D eigenvalue weighted by Crippen LogP contribution is 2.23. The van der Waals surface area contributed by atoms with Crippen LogP contribution in [-0.4, -0.2) is 22.5 Å². The number of halogens is 2. The van der Waals surface area contributed by atoms with Gasteiger partial charge in [-0.25, -0.2) is 13.8 Å². The zero-order valence-corrected chi connectivity index (χ0v) is 15.5. The maximum Gasteiger partial charge on any atom is 0.226 e. The molecule has 1 unspecified atom stereocenters. The van der Waals surface area contributed by atoms with Gasteiger partial charge in [0.15, 0.2) is 0 Å². The van der Waals surface area contributed by atoms with E-state index < -0.39 is 17.2 Å². The van der Waals surface area contributed by atoms with Crippen molar-refractivity contribution in [2.24, 2.45) is 0 Å². The topological polar surface area (TPSA) is 75.4 Å². The molecule has 0 radical (unpaired) electrons. The molecule has 0 aliphatic carbocycles. The largest absolute Gasteiger partial charge is 0.441 e. The molecule has 1 aromatic heterocycles. The molecule has 7 heteroatoms. The number of nitrogens with one attached hydrogen (secondary N) is 1. The molecule has 0 saturated heterocycles. The number of rotatable bonds is 6. The number of oxazole rings is 1. The SMILES string of the molecule is Cc1oc(-c2cccc(F)c2)nc1CC(=O)NCC(C)(O)c1ccc(F)cc1. The predicted octanol–water partition coefficient (Wildman–Crippen LogP) is 3.49. The van der Waals surface area contributed by atoms with Crippen LogP contribution in [0.1, 0.15) is 23.9 Å². The van der Waals surface area contributed by atoms with E-state index >= 15 is 0 Å². The molecule has 0 spiro atoms. The zero-order valence-electron chi connectivity index (χ0n) is 15.5. The summed E-state index contributed by atoms with van der Waals surface area (Å²) in [6.07, 6.45) is -0.0514. The average molecular weight is 386 g/mol. The smallest absolute Gasteiger partial charge is 0.226 e. The number of carbonyl (C=O) groups excluding carboxylic acids is 1. The zero-order chi connectivity index (χ0) is 20.3. The van der Waals surface area contributed by atoms with Gasteiger partial charge in [-0.15, -0.1) is 0 Å². The molecule has 0 aliphatic heterocycles. The Hall–Kier alpha value is -3.06. The predicted molar refractivity (Wildman–Crippen MR) is 99.3 cm³/mol. The van der Waals surface area contributed by atoms with Crippen LogP contribution in [0.4, 0.5) is 8.78 Å². The van der Waals surface area contributed by atoms with E-state index in [4.69, 9.17) is 4.42 Å². The van der Waals surface area contributed by atoms with E-state index in [-0.39, 0.29) is 24.8 Å². The first kappa shape index (κ1) is 19.7. The lowest BCUT2D eigenvalue weighted by atomic mass is 9.96. The fourth-order valence-electron chi connectivity index (χ4n) is 2.73. The number of benzene rings is 2. The quantitative estimate of drug-likeness (QED) is 0.680. The van der Waals surface area contributed by atoms with E-state index in [2.05, 4.69) is 10.3 Å². The van der Waals surface area contributed by atoms with E-state index in [9.17, 15) is 18.7 Å². The monoisotopic (exact) mass is 386 g/mol. The second-order valence-electron chi connectivity index (χ2n) is 6.77. The Morgan fingerprint density at radius 2 is 1.89 bits per heavy atom. The number of aliphatic hydroxyl groups is 1. The van der Waals surface area contributed by atoms with Crippen molar-refractivity contribution in [1.82, 2.24) is 10.3 Å². The highest BCUT2D eigenvalue weighted by molar-refractivity contribution is 5.78. The molecule has 146 valence electrons.